The highest BCUT2D eigenvalue weighted by molar-refractivity contribution is 9.10. The van der Waals surface area contributed by atoms with E-state index in [2.05, 4.69) is 15.9 Å². The number of nitrogens with zero attached hydrogens (tertiary/aromatic N) is 1. The molecule has 5 nitrogen and oxygen atoms in total. The van der Waals surface area contributed by atoms with E-state index < -0.39 is 15.8 Å². The SMILES string of the molecule is Cl.NCC1CN(S(=O)(=O)c2ccc(Br)c(F)c2)CCO1. The van der Waals surface area contributed by atoms with Crippen LogP contribution in [0, 0.1) is 5.82 Å². The molecule has 20 heavy (non-hydrogen) atoms. The van der Waals surface area contributed by atoms with Crippen molar-refractivity contribution in [3.8, 4) is 0 Å². The zero-order valence-corrected chi connectivity index (χ0v) is 13.7. The molecule has 2 rings (SSSR count). The molecule has 1 atom stereocenters. The Morgan fingerprint density at radius 2 is 2.20 bits per heavy atom. The average molecular weight is 390 g/mol. The number of ether oxygens (including phenoxy) is 1. The van der Waals surface area contributed by atoms with Gasteiger partial charge in [0, 0.05) is 19.6 Å². The third-order valence-corrected chi connectivity index (χ3v) is 5.40. The summed E-state index contributed by atoms with van der Waals surface area (Å²) >= 11 is 2.99. The lowest BCUT2D eigenvalue weighted by molar-refractivity contribution is 0.00450. The normalized spacial score (nSPS) is 20.4. The van der Waals surface area contributed by atoms with E-state index >= 15 is 0 Å². The topological polar surface area (TPSA) is 72.6 Å². The van der Waals surface area contributed by atoms with Gasteiger partial charge in [0.05, 0.1) is 22.1 Å². The molecule has 2 N–H and O–H groups in total. The van der Waals surface area contributed by atoms with Crippen molar-refractivity contribution in [2.75, 3.05) is 26.2 Å². The van der Waals surface area contributed by atoms with E-state index in [9.17, 15) is 12.8 Å². The highest BCUT2D eigenvalue weighted by atomic mass is 79.9. The molecule has 1 aromatic rings. The molecule has 1 heterocycles. The molecule has 114 valence electrons. The molecule has 1 aliphatic heterocycles. The standard InChI is InChI=1S/C11H14BrFN2O3S.ClH/c12-10-2-1-9(5-11(10)13)19(16,17)15-3-4-18-8(6-14)7-15;/h1-2,5,8H,3-4,6-7,14H2;1H. The van der Waals surface area contributed by atoms with Crippen LogP contribution in [0.15, 0.2) is 27.6 Å². The lowest BCUT2D eigenvalue weighted by Gasteiger charge is -2.31. The Morgan fingerprint density at radius 3 is 2.80 bits per heavy atom. The summed E-state index contributed by atoms with van der Waals surface area (Å²) in [6, 6.07) is 3.75. The summed E-state index contributed by atoms with van der Waals surface area (Å²) in [4.78, 5) is -0.0640. The van der Waals surface area contributed by atoms with Crippen molar-refractivity contribution in [2.45, 2.75) is 11.0 Å². The van der Waals surface area contributed by atoms with E-state index in [1.165, 1.54) is 16.4 Å². The molecule has 0 bridgehead atoms. The van der Waals surface area contributed by atoms with E-state index in [1.54, 1.807) is 0 Å². The van der Waals surface area contributed by atoms with Crippen molar-refractivity contribution in [3.05, 3.63) is 28.5 Å². The lowest BCUT2D eigenvalue weighted by atomic mass is 10.3. The van der Waals surface area contributed by atoms with Crippen LogP contribution in [0.5, 0.6) is 0 Å². The fourth-order valence-electron chi connectivity index (χ4n) is 1.84. The molecule has 0 spiro atoms. The molecular weight excluding hydrogens is 375 g/mol. The Bertz CT molecular complexity index is 573. The molecule has 9 heteroatoms. The Kier molecular flexibility index (Phi) is 6.36. The zero-order chi connectivity index (χ0) is 14.0. The summed E-state index contributed by atoms with van der Waals surface area (Å²) in [7, 11) is -3.71. The van der Waals surface area contributed by atoms with Crippen molar-refractivity contribution in [3.63, 3.8) is 0 Å². The Balaban J connectivity index is 0.00000200. The number of hydrogen-bond acceptors (Lipinski definition) is 4. The maximum absolute atomic E-state index is 13.4. The van der Waals surface area contributed by atoms with E-state index in [-0.39, 0.29) is 47.5 Å². The lowest BCUT2D eigenvalue weighted by Crippen LogP contribution is -2.48. The molecule has 1 fully saturated rings. The van der Waals surface area contributed by atoms with Crippen molar-refractivity contribution in [1.29, 1.82) is 0 Å². The van der Waals surface area contributed by atoms with E-state index in [4.69, 9.17) is 10.5 Å². The average Bonchev–Trinajstić information content (AvgIpc) is 2.41. The molecule has 1 aliphatic rings. The quantitative estimate of drug-likeness (QED) is 0.847. The minimum Gasteiger partial charge on any atom is -0.374 e. The Labute approximate surface area is 131 Å². The zero-order valence-electron chi connectivity index (χ0n) is 10.5. The third kappa shape index (κ3) is 3.69. The van der Waals surface area contributed by atoms with Crippen LogP contribution in [0.3, 0.4) is 0 Å². The first kappa shape index (κ1) is 17.8. The van der Waals surface area contributed by atoms with Gasteiger partial charge >= 0.3 is 0 Å². The largest absolute Gasteiger partial charge is 0.374 e. The first-order valence-corrected chi connectivity index (χ1v) is 7.95. The molecule has 1 saturated heterocycles. The van der Waals surface area contributed by atoms with Gasteiger partial charge in [0.25, 0.3) is 0 Å². The fraction of sp³-hybridized carbons (Fsp3) is 0.455. The fourth-order valence-corrected chi connectivity index (χ4v) is 3.55. The van der Waals surface area contributed by atoms with Crippen LogP contribution in [-0.2, 0) is 14.8 Å². The van der Waals surface area contributed by atoms with Gasteiger partial charge in [-0.25, -0.2) is 12.8 Å². The minimum absolute atomic E-state index is 0. The number of hydrogen-bond donors (Lipinski definition) is 1. The summed E-state index contributed by atoms with van der Waals surface area (Å²) in [6.45, 7) is 0.980. The first-order valence-electron chi connectivity index (χ1n) is 5.72. The second kappa shape index (κ2) is 7.15. The van der Waals surface area contributed by atoms with Crippen molar-refractivity contribution in [2.24, 2.45) is 5.73 Å². The molecule has 0 radical (unpaired) electrons. The van der Waals surface area contributed by atoms with Gasteiger partial charge in [-0.15, -0.1) is 12.4 Å². The molecule has 0 aliphatic carbocycles. The summed E-state index contributed by atoms with van der Waals surface area (Å²) in [5.74, 6) is -0.607. The summed E-state index contributed by atoms with van der Waals surface area (Å²) in [5.41, 5.74) is 5.48. The first-order chi connectivity index (χ1) is 8.95. The van der Waals surface area contributed by atoms with Gasteiger partial charge in [-0.2, -0.15) is 4.31 Å². The van der Waals surface area contributed by atoms with Crippen LogP contribution in [-0.4, -0.2) is 45.1 Å². The number of rotatable bonds is 3. The second-order valence-electron chi connectivity index (χ2n) is 4.17. The number of morpholine rings is 1. The van der Waals surface area contributed by atoms with Crippen molar-refractivity contribution < 1.29 is 17.5 Å². The summed E-state index contributed by atoms with van der Waals surface area (Å²) < 4.78 is 45.0. The minimum atomic E-state index is -3.71. The van der Waals surface area contributed by atoms with E-state index in [0.29, 0.717) is 6.61 Å². The number of halogens is 3. The molecule has 0 aromatic heterocycles. The number of nitrogens with two attached hydrogens (primary N) is 1. The number of benzene rings is 1. The summed E-state index contributed by atoms with van der Waals surface area (Å²) in [6.07, 6.45) is -0.316. The second-order valence-corrected chi connectivity index (χ2v) is 6.96. The van der Waals surface area contributed by atoms with Crippen molar-refractivity contribution >= 4 is 38.4 Å². The van der Waals surface area contributed by atoms with Crippen LogP contribution in [0.25, 0.3) is 0 Å². The molecule has 0 saturated carbocycles. The highest BCUT2D eigenvalue weighted by Gasteiger charge is 2.30. The smallest absolute Gasteiger partial charge is 0.243 e. The maximum atomic E-state index is 13.4. The molecular formula is C11H15BrClFN2O3S. The monoisotopic (exact) mass is 388 g/mol. The van der Waals surface area contributed by atoms with Crippen LogP contribution < -0.4 is 5.73 Å². The van der Waals surface area contributed by atoms with Gasteiger partial charge in [0.1, 0.15) is 5.82 Å². The number of sulfonamides is 1. The third-order valence-electron chi connectivity index (χ3n) is 2.89. The molecule has 1 unspecified atom stereocenters. The van der Waals surface area contributed by atoms with Crippen LogP contribution in [0.2, 0.25) is 0 Å². The van der Waals surface area contributed by atoms with E-state index in [0.717, 1.165) is 6.07 Å². The molecule has 1 aromatic carbocycles. The Morgan fingerprint density at radius 1 is 1.50 bits per heavy atom. The van der Waals surface area contributed by atoms with Gasteiger partial charge in [-0.3, -0.25) is 0 Å². The van der Waals surface area contributed by atoms with Gasteiger partial charge in [0.2, 0.25) is 10.0 Å². The van der Waals surface area contributed by atoms with Gasteiger partial charge in [-0.1, -0.05) is 0 Å². The van der Waals surface area contributed by atoms with Gasteiger partial charge in [0.15, 0.2) is 0 Å². The van der Waals surface area contributed by atoms with Crippen LogP contribution in [0.1, 0.15) is 0 Å². The predicted molar refractivity (Wildman–Crippen MR) is 78.9 cm³/mol. The molecule has 0 amide bonds. The highest BCUT2D eigenvalue weighted by Crippen LogP contribution is 2.23. The maximum Gasteiger partial charge on any atom is 0.243 e. The Hall–Kier alpha value is -0.250. The van der Waals surface area contributed by atoms with Gasteiger partial charge < -0.3 is 10.5 Å². The van der Waals surface area contributed by atoms with Crippen LogP contribution in [0.4, 0.5) is 4.39 Å². The van der Waals surface area contributed by atoms with Gasteiger partial charge in [-0.05, 0) is 34.1 Å². The summed E-state index contributed by atoms with van der Waals surface area (Å²) in [5, 5.41) is 0. The van der Waals surface area contributed by atoms with Crippen LogP contribution >= 0.6 is 28.3 Å². The predicted octanol–water partition coefficient (Wildman–Crippen LogP) is 1.36. The van der Waals surface area contributed by atoms with Crippen molar-refractivity contribution in [1.82, 2.24) is 4.31 Å². The van der Waals surface area contributed by atoms with E-state index in [1.807, 2.05) is 0 Å².